The van der Waals surface area contributed by atoms with Crippen molar-refractivity contribution in [1.29, 1.82) is 0 Å². The highest BCUT2D eigenvalue weighted by Crippen LogP contribution is 2.51. The molecule has 218 valence electrons. The molecule has 42 heavy (non-hydrogen) atoms. The lowest BCUT2D eigenvalue weighted by Gasteiger charge is -2.21. The lowest BCUT2D eigenvalue weighted by atomic mass is 9.84. The van der Waals surface area contributed by atoms with Gasteiger partial charge >= 0.3 is 0 Å². The highest BCUT2D eigenvalue weighted by atomic mass is 19.2. The lowest BCUT2D eigenvalue weighted by molar-refractivity contribution is 0.334. The Kier molecular flexibility index (Phi) is 6.90. The molecule has 5 aromatic carbocycles. The van der Waals surface area contributed by atoms with Crippen molar-refractivity contribution in [3.63, 3.8) is 0 Å². The minimum Gasteiger partial charge on any atom is -0.497 e. The van der Waals surface area contributed by atoms with Gasteiger partial charge in [-0.05, 0) is 17.7 Å². The monoisotopic (exact) mass is 606 g/mol. The molecular weight excluding hydrogens is 596 g/mol. The van der Waals surface area contributed by atoms with Crippen LogP contribution >= 0.6 is 0 Å². The van der Waals surface area contributed by atoms with Crippen LogP contribution in [0.2, 0.25) is 0 Å². The third kappa shape index (κ3) is 3.77. The summed E-state index contributed by atoms with van der Waals surface area (Å²) in [5.74, 6) is -31.4. The maximum atomic E-state index is 15.5. The number of hydrogen-bond acceptors (Lipinski definition) is 2. The molecule has 0 aliphatic rings. The average Bonchev–Trinajstić information content (AvgIpc) is 2.99. The Bertz CT molecular complexity index is 1860. The molecule has 0 aliphatic carbocycles. The zero-order valence-corrected chi connectivity index (χ0v) is 20.7. The maximum absolute atomic E-state index is 15.5. The first-order chi connectivity index (χ1) is 19.8. The summed E-state index contributed by atoms with van der Waals surface area (Å²) in [5.41, 5.74) is -5.68. The van der Waals surface area contributed by atoms with Crippen LogP contribution in [0.15, 0.2) is 24.3 Å². The summed E-state index contributed by atoms with van der Waals surface area (Å²) >= 11 is 0. The second kappa shape index (κ2) is 10.0. The summed E-state index contributed by atoms with van der Waals surface area (Å²) in [6.07, 6.45) is 0. The quantitative estimate of drug-likeness (QED) is 0.0880. The maximum Gasteiger partial charge on any atom is 0.204 e. The van der Waals surface area contributed by atoms with Crippen molar-refractivity contribution < 1.29 is 62.2 Å². The zero-order chi connectivity index (χ0) is 30.9. The molecule has 0 bridgehead atoms. The molecule has 0 aliphatic heterocycles. The number of fused-ring (bicyclic) bond motifs is 2. The number of rotatable bonds is 4. The Balaban J connectivity index is 2.24. The van der Waals surface area contributed by atoms with Gasteiger partial charge in [0, 0.05) is 32.7 Å². The summed E-state index contributed by atoms with van der Waals surface area (Å²) in [7, 11) is 1.78. The number of halogens is 12. The number of methoxy groups -OCH3 is 2. The molecule has 0 radical (unpaired) electrons. The van der Waals surface area contributed by atoms with E-state index in [1.807, 2.05) is 0 Å². The first-order valence-electron chi connectivity index (χ1n) is 11.3. The molecule has 14 heteroatoms. The zero-order valence-electron chi connectivity index (χ0n) is 20.7. The third-order valence-electron chi connectivity index (χ3n) is 6.59. The summed E-state index contributed by atoms with van der Waals surface area (Å²) in [6.45, 7) is 0. The van der Waals surface area contributed by atoms with Crippen LogP contribution in [0.5, 0.6) is 11.5 Å². The lowest BCUT2D eigenvalue weighted by Crippen LogP contribution is -2.09. The molecule has 0 aromatic heterocycles. The topological polar surface area (TPSA) is 18.5 Å². The molecule has 0 atom stereocenters. The van der Waals surface area contributed by atoms with Gasteiger partial charge in [-0.25, -0.2) is 43.9 Å². The van der Waals surface area contributed by atoms with Crippen LogP contribution in [-0.4, -0.2) is 14.2 Å². The van der Waals surface area contributed by atoms with Crippen LogP contribution in [0.3, 0.4) is 0 Å². The second-order valence-corrected chi connectivity index (χ2v) is 8.65. The predicted octanol–water partition coefficient (Wildman–Crippen LogP) is 9.01. The van der Waals surface area contributed by atoms with Crippen molar-refractivity contribution in [2.75, 3.05) is 14.2 Å². The molecule has 5 rings (SSSR count). The minimum absolute atomic E-state index is 0.0880. The van der Waals surface area contributed by atoms with E-state index in [4.69, 9.17) is 4.74 Å². The molecule has 0 saturated heterocycles. The second-order valence-electron chi connectivity index (χ2n) is 8.65. The number of ether oxygens (including phenoxy) is 2. The van der Waals surface area contributed by atoms with Crippen LogP contribution in [0.25, 0.3) is 43.8 Å². The average molecular weight is 606 g/mol. The predicted molar refractivity (Wildman–Crippen MR) is 125 cm³/mol. The highest BCUT2D eigenvalue weighted by Gasteiger charge is 2.37. The van der Waals surface area contributed by atoms with Gasteiger partial charge in [-0.2, -0.15) is 8.78 Å². The van der Waals surface area contributed by atoms with E-state index >= 15 is 26.3 Å². The molecule has 2 nitrogen and oxygen atoms in total. The molecule has 0 heterocycles. The van der Waals surface area contributed by atoms with Gasteiger partial charge in [0.2, 0.25) is 11.6 Å². The van der Waals surface area contributed by atoms with Gasteiger partial charge in [0.25, 0.3) is 0 Å². The molecule has 0 amide bonds. The normalized spacial score (nSPS) is 11.6. The van der Waals surface area contributed by atoms with Gasteiger partial charge in [0.15, 0.2) is 63.9 Å². The van der Waals surface area contributed by atoms with Crippen molar-refractivity contribution in [3.05, 3.63) is 94.1 Å². The van der Waals surface area contributed by atoms with Crippen molar-refractivity contribution in [1.82, 2.24) is 0 Å². The first kappa shape index (κ1) is 28.9. The summed E-state index contributed by atoms with van der Waals surface area (Å²) in [4.78, 5) is 0. The Morgan fingerprint density at radius 2 is 0.714 bits per heavy atom. The van der Waals surface area contributed by atoms with Crippen molar-refractivity contribution in [2.24, 2.45) is 0 Å². The molecule has 0 unspecified atom stereocenters. The van der Waals surface area contributed by atoms with Crippen molar-refractivity contribution in [3.8, 4) is 33.8 Å². The number of benzene rings is 5. The van der Waals surface area contributed by atoms with Gasteiger partial charge < -0.3 is 9.47 Å². The van der Waals surface area contributed by atoms with Crippen molar-refractivity contribution in [2.45, 2.75) is 0 Å². The van der Waals surface area contributed by atoms with Gasteiger partial charge in [-0.1, -0.05) is 12.1 Å². The van der Waals surface area contributed by atoms with Gasteiger partial charge in [0.05, 0.1) is 19.8 Å². The molecule has 0 fully saturated rings. The van der Waals surface area contributed by atoms with Crippen LogP contribution in [0, 0.1) is 69.8 Å². The molecule has 0 spiro atoms. The van der Waals surface area contributed by atoms with Crippen LogP contribution < -0.4 is 9.47 Å². The Labute approximate surface area is 226 Å². The fraction of sp³-hybridized carbons (Fsp3) is 0.0714. The summed E-state index contributed by atoms with van der Waals surface area (Å²) in [5, 5.41) is -6.73. The van der Waals surface area contributed by atoms with E-state index in [2.05, 4.69) is 4.74 Å². The Hall–Kier alpha value is -4.62. The fourth-order valence-electron chi connectivity index (χ4n) is 4.76. The number of hydrogen-bond donors (Lipinski definition) is 0. The third-order valence-corrected chi connectivity index (χ3v) is 6.59. The molecule has 5 aromatic rings. The van der Waals surface area contributed by atoms with E-state index in [0.717, 1.165) is 24.3 Å². The van der Waals surface area contributed by atoms with E-state index in [1.54, 1.807) is 0 Å². The summed E-state index contributed by atoms with van der Waals surface area (Å²) in [6, 6.07) is 4.13. The van der Waals surface area contributed by atoms with Crippen LogP contribution in [-0.2, 0) is 0 Å². The smallest absolute Gasteiger partial charge is 0.204 e. The first-order valence-corrected chi connectivity index (χ1v) is 11.3. The molecular formula is C28H10F12O2. The summed E-state index contributed by atoms with van der Waals surface area (Å²) < 4.78 is 190. The fourth-order valence-corrected chi connectivity index (χ4v) is 4.76. The van der Waals surface area contributed by atoms with E-state index in [0.29, 0.717) is 7.11 Å². The van der Waals surface area contributed by atoms with Crippen molar-refractivity contribution >= 4 is 21.5 Å². The van der Waals surface area contributed by atoms with E-state index in [9.17, 15) is 26.3 Å². The van der Waals surface area contributed by atoms with E-state index in [-0.39, 0.29) is 5.75 Å². The SMILES string of the molecule is COc1ccc(-c2c3c(F)c(F)c(F)c(F)c3c(-c3c(F)c(F)c(OC)c(F)c3F)c3c(F)c(F)c(F)c(F)c23)cc1. The minimum atomic E-state index is -2.65. The largest absolute Gasteiger partial charge is 0.497 e. The highest BCUT2D eigenvalue weighted by molar-refractivity contribution is 6.22. The molecule has 0 N–H and O–H groups in total. The van der Waals surface area contributed by atoms with E-state index in [1.165, 1.54) is 7.11 Å². The van der Waals surface area contributed by atoms with Crippen LogP contribution in [0.1, 0.15) is 0 Å². The van der Waals surface area contributed by atoms with Gasteiger partial charge in [-0.3, -0.25) is 0 Å². The Morgan fingerprint density at radius 3 is 1.05 bits per heavy atom. The van der Waals surface area contributed by atoms with Gasteiger partial charge in [0.1, 0.15) is 5.75 Å². The Morgan fingerprint density at radius 1 is 0.357 bits per heavy atom. The standard InChI is InChI=1S/C28H10F12O2/c1-41-8-5-3-7(4-6-8)9-11-13(18(31)24(37)22(35)16(11)29)10(14-12(9)17(30)23(36)25(38)19(14)32)15-20(33)26(39)28(42-2)27(40)21(15)34/h3-6H,1-2H3. The van der Waals surface area contributed by atoms with Gasteiger partial charge in [-0.15, -0.1) is 0 Å². The van der Waals surface area contributed by atoms with E-state index < -0.39 is 119 Å². The molecule has 0 saturated carbocycles. The van der Waals surface area contributed by atoms with Crippen LogP contribution in [0.4, 0.5) is 52.7 Å².